The van der Waals surface area contributed by atoms with Gasteiger partial charge in [-0.3, -0.25) is 14.0 Å². The molecule has 0 spiro atoms. The molecule has 1 saturated heterocycles. The predicted molar refractivity (Wildman–Crippen MR) is 82.1 cm³/mol. The summed E-state index contributed by atoms with van der Waals surface area (Å²) >= 11 is 0. The summed E-state index contributed by atoms with van der Waals surface area (Å²) in [5.41, 5.74) is 1.12. The van der Waals surface area contributed by atoms with Gasteiger partial charge in [0.2, 0.25) is 0 Å². The molecule has 0 radical (unpaired) electrons. The van der Waals surface area contributed by atoms with E-state index in [9.17, 15) is 9.59 Å². The van der Waals surface area contributed by atoms with E-state index in [1.807, 2.05) is 26.0 Å². The molecule has 2 aromatic rings. The number of hydrogen-bond acceptors (Lipinski definition) is 4. The normalized spacial score (nSPS) is 18.6. The van der Waals surface area contributed by atoms with Crippen LogP contribution < -0.4 is 5.56 Å². The minimum Gasteiger partial charge on any atom is -0.377 e. The number of carbonyl (C=O) groups is 1. The zero-order valence-corrected chi connectivity index (χ0v) is 12.8. The lowest BCUT2D eigenvalue weighted by molar-refractivity contribution is -0.00292. The molecule has 0 aliphatic carbocycles. The van der Waals surface area contributed by atoms with E-state index in [4.69, 9.17) is 4.74 Å². The number of fused-ring (bicyclic) bond motifs is 1. The Morgan fingerprint density at radius 3 is 3.05 bits per heavy atom. The second kappa shape index (κ2) is 5.88. The third-order valence-electron chi connectivity index (χ3n) is 4.11. The van der Waals surface area contributed by atoms with E-state index in [1.165, 1.54) is 10.6 Å². The Hall–Kier alpha value is -2.21. The van der Waals surface area contributed by atoms with Crippen LogP contribution in [0.1, 0.15) is 29.4 Å². The summed E-state index contributed by atoms with van der Waals surface area (Å²) in [6, 6.07) is 5.44. The molecule has 2 aromatic heterocycles. The van der Waals surface area contributed by atoms with Crippen LogP contribution in [0.15, 0.2) is 29.2 Å². The molecule has 1 atom stereocenters. The zero-order valence-electron chi connectivity index (χ0n) is 12.8. The fraction of sp³-hybridized carbons (Fsp3) is 0.438. The fourth-order valence-corrected chi connectivity index (χ4v) is 2.84. The van der Waals surface area contributed by atoms with Crippen molar-refractivity contribution in [2.45, 2.75) is 26.3 Å². The largest absolute Gasteiger partial charge is 0.377 e. The van der Waals surface area contributed by atoms with E-state index in [1.54, 1.807) is 11.0 Å². The molecule has 6 nitrogen and oxygen atoms in total. The van der Waals surface area contributed by atoms with Crippen molar-refractivity contribution in [3.05, 3.63) is 46.0 Å². The highest BCUT2D eigenvalue weighted by molar-refractivity contribution is 5.94. The van der Waals surface area contributed by atoms with Gasteiger partial charge in [-0.05, 0) is 25.5 Å². The smallest absolute Gasteiger partial charge is 0.270 e. The molecule has 1 aliphatic rings. The quantitative estimate of drug-likeness (QED) is 0.837. The van der Waals surface area contributed by atoms with Crippen LogP contribution in [0.2, 0.25) is 0 Å². The van der Waals surface area contributed by atoms with Gasteiger partial charge in [0.25, 0.3) is 11.5 Å². The average Bonchev–Trinajstić information content (AvgIpc) is 2.54. The minimum absolute atomic E-state index is 0.0122. The van der Waals surface area contributed by atoms with E-state index in [-0.39, 0.29) is 23.1 Å². The summed E-state index contributed by atoms with van der Waals surface area (Å²) in [5, 5.41) is 0. The van der Waals surface area contributed by atoms with Gasteiger partial charge < -0.3 is 9.64 Å². The molecular weight excluding hydrogens is 282 g/mol. The molecule has 6 heteroatoms. The van der Waals surface area contributed by atoms with Gasteiger partial charge in [-0.25, -0.2) is 4.98 Å². The molecule has 22 heavy (non-hydrogen) atoms. The molecule has 0 saturated carbocycles. The van der Waals surface area contributed by atoms with Crippen LogP contribution in [0.25, 0.3) is 5.65 Å². The summed E-state index contributed by atoms with van der Waals surface area (Å²) in [6.07, 6.45) is 2.19. The van der Waals surface area contributed by atoms with Gasteiger partial charge in [0.1, 0.15) is 11.2 Å². The van der Waals surface area contributed by atoms with Crippen LogP contribution in [0.3, 0.4) is 0 Å². The van der Waals surface area contributed by atoms with Crippen LogP contribution in [0.4, 0.5) is 0 Å². The first-order valence-corrected chi connectivity index (χ1v) is 7.49. The SMILES string of the molecule is CCC1COCCN1C(=O)c1cnc2cccc(C)n2c1=O. The lowest BCUT2D eigenvalue weighted by atomic mass is 10.1. The molecule has 3 rings (SSSR count). The third-order valence-corrected chi connectivity index (χ3v) is 4.11. The zero-order chi connectivity index (χ0) is 15.7. The van der Waals surface area contributed by atoms with Gasteiger partial charge in [-0.1, -0.05) is 13.0 Å². The molecule has 0 bridgehead atoms. The first-order valence-electron chi connectivity index (χ1n) is 7.49. The number of rotatable bonds is 2. The van der Waals surface area contributed by atoms with Crippen LogP contribution in [0, 0.1) is 6.92 Å². The summed E-state index contributed by atoms with van der Waals surface area (Å²) in [5.74, 6) is -0.259. The molecule has 3 heterocycles. The van der Waals surface area contributed by atoms with E-state index < -0.39 is 0 Å². The number of morpholine rings is 1. The van der Waals surface area contributed by atoms with Gasteiger partial charge >= 0.3 is 0 Å². The summed E-state index contributed by atoms with van der Waals surface area (Å²) < 4.78 is 6.90. The highest BCUT2D eigenvalue weighted by Crippen LogP contribution is 2.13. The van der Waals surface area contributed by atoms with Crippen molar-refractivity contribution in [1.29, 1.82) is 0 Å². The van der Waals surface area contributed by atoms with Crippen LogP contribution in [-0.4, -0.2) is 46.0 Å². The van der Waals surface area contributed by atoms with Crippen LogP contribution in [-0.2, 0) is 4.74 Å². The average molecular weight is 301 g/mol. The molecule has 1 fully saturated rings. The molecule has 116 valence electrons. The van der Waals surface area contributed by atoms with Crippen molar-refractivity contribution in [1.82, 2.24) is 14.3 Å². The fourth-order valence-electron chi connectivity index (χ4n) is 2.84. The number of carbonyl (C=O) groups excluding carboxylic acids is 1. The summed E-state index contributed by atoms with van der Waals surface area (Å²) in [7, 11) is 0. The molecule has 1 aliphatic heterocycles. The van der Waals surface area contributed by atoms with Crippen molar-refractivity contribution in [2.24, 2.45) is 0 Å². The van der Waals surface area contributed by atoms with Crippen molar-refractivity contribution in [3.63, 3.8) is 0 Å². The van der Waals surface area contributed by atoms with Gasteiger partial charge in [-0.2, -0.15) is 0 Å². The highest BCUT2D eigenvalue weighted by Gasteiger charge is 2.28. The van der Waals surface area contributed by atoms with E-state index in [2.05, 4.69) is 4.98 Å². The first-order chi connectivity index (χ1) is 10.6. The number of pyridine rings is 1. The lowest BCUT2D eigenvalue weighted by Crippen LogP contribution is -2.49. The minimum atomic E-state index is -0.311. The Morgan fingerprint density at radius 2 is 2.27 bits per heavy atom. The van der Waals surface area contributed by atoms with Gasteiger partial charge in [0.05, 0.1) is 19.3 Å². The second-order valence-electron chi connectivity index (χ2n) is 5.47. The summed E-state index contributed by atoms with van der Waals surface area (Å²) in [4.78, 5) is 31.4. The van der Waals surface area contributed by atoms with E-state index >= 15 is 0 Å². The Labute approximate surface area is 128 Å². The standard InChI is InChI=1S/C16H19N3O3/c1-3-12-10-22-8-7-18(12)15(20)13-9-17-14-6-4-5-11(2)19(14)16(13)21/h4-6,9,12H,3,7-8,10H2,1-2H3. The number of aromatic nitrogens is 2. The number of nitrogens with zero attached hydrogens (tertiary/aromatic N) is 3. The van der Waals surface area contributed by atoms with Gasteiger partial charge in [-0.15, -0.1) is 0 Å². The Balaban J connectivity index is 2.06. The number of hydrogen-bond donors (Lipinski definition) is 0. The summed E-state index contributed by atoms with van der Waals surface area (Å²) in [6.45, 7) is 5.36. The third kappa shape index (κ3) is 2.39. The van der Waals surface area contributed by atoms with Crippen LogP contribution >= 0.6 is 0 Å². The van der Waals surface area contributed by atoms with Crippen LogP contribution in [0.5, 0.6) is 0 Å². The maximum Gasteiger partial charge on any atom is 0.270 e. The van der Waals surface area contributed by atoms with Crippen molar-refractivity contribution < 1.29 is 9.53 Å². The maximum atomic E-state index is 12.8. The van der Waals surface area contributed by atoms with Crippen molar-refractivity contribution in [2.75, 3.05) is 19.8 Å². The molecule has 0 N–H and O–H groups in total. The number of amides is 1. The predicted octanol–water partition coefficient (Wildman–Crippen LogP) is 1.25. The maximum absolute atomic E-state index is 12.8. The van der Waals surface area contributed by atoms with Gasteiger partial charge in [0, 0.05) is 18.4 Å². The Bertz CT molecular complexity index is 769. The van der Waals surface area contributed by atoms with Crippen molar-refractivity contribution in [3.8, 4) is 0 Å². The molecule has 1 unspecified atom stereocenters. The topological polar surface area (TPSA) is 63.9 Å². The number of ether oxygens (including phenoxy) is 1. The Morgan fingerprint density at radius 1 is 1.45 bits per heavy atom. The monoisotopic (exact) mass is 301 g/mol. The lowest BCUT2D eigenvalue weighted by Gasteiger charge is -2.34. The number of aryl methyl sites for hydroxylation is 1. The van der Waals surface area contributed by atoms with E-state index in [0.717, 1.165) is 12.1 Å². The second-order valence-corrected chi connectivity index (χ2v) is 5.47. The van der Waals surface area contributed by atoms with Gasteiger partial charge in [0.15, 0.2) is 0 Å². The Kier molecular flexibility index (Phi) is 3.94. The molecule has 1 amide bonds. The highest BCUT2D eigenvalue weighted by atomic mass is 16.5. The first kappa shape index (κ1) is 14.7. The molecule has 0 aromatic carbocycles. The van der Waals surface area contributed by atoms with E-state index in [0.29, 0.717) is 25.4 Å². The molecular formula is C16H19N3O3. The van der Waals surface area contributed by atoms with Crippen molar-refractivity contribution >= 4 is 11.6 Å².